The van der Waals surface area contributed by atoms with Gasteiger partial charge in [0.05, 0.1) is 10.8 Å². The van der Waals surface area contributed by atoms with Crippen LogP contribution in [0, 0.1) is 0 Å². The summed E-state index contributed by atoms with van der Waals surface area (Å²) in [6.07, 6.45) is 1.86. The van der Waals surface area contributed by atoms with Gasteiger partial charge in [0, 0.05) is 50.2 Å². The van der Waals surface area contributed by atoms with Crippen LogP contribution in [-0.2, 0) is 31.9 Å². The minimum atomic E-state index is -2.66. The van der Waals surface area contributed by atoms with Crippen molar-refractivity contribution in [3.8, 4) is 17.6 Å². The second-order valence-corrected chi connectivity index (χ2v) is 16.1. The van der Waals surface area contributed by atoms with Gasteiger partial charge in [-0.3, -0.25) is 4.57 Å². The number of pyridine rings is 3. The minimum Gasteiger partial charge on any atom is -0.426 e. The maximum atomic E-state index is 10.8. The number of nitrogens with zero attached hydrogens (tertiary/aromatic N) is 4. The number of aromatic nitrogens is 4. The van der Waals surface area contributed by atoms with Crippen LogP contribution in [0.15, 0.2) is 66.9 Å². The molecule has 0 aliphatic rings. The fourth-order valence-corrected chi connectivity index (χ4v) is 5.42. The number of hydrogen-bond donors (Lipinski definition) is 1. The van der Waals surface area contributed by atoms with Gasteiger partial charge >= 0.3 is 0 Å². The quantitative estimate of drug-likeness (QED) is 0.208. The molecular formula is C31H36N4O2PtSi. The molecule has 0 aliphatic heterocycles. The van der Waals surface area contributed by atoms with Crippen molar-refractivity contribution in [2.24, 2.45) is 0 Å². The summed E-state index contributed by atoms with van der Waals surface area (Å²) in [5.41, 5.74) is 3.94. The van der Waals surface area contributed by atoms with Gasteiger partial charge in [0.1, 0.15) is 5.82 Å². The van der Waals surface area contributed by atoms with Gasteiger partial charge in [0.25, 0.3) is 0 Å². The first-order valence-corrected chi connectivity index (χ1v) is 16.0. The van der Waals surface area contributed by atoms with E-state index < -0.39 is 8.32 Å². The number of ether oxygens (including phenoxy) is 1. The van der Waals surface area contributed by atoms with Crippen molar-refractivity contribution in [2.75, 3.05) is 0 Å². The Balaban J connectivity index is 0.00000353. The van der Waals surface area contributed by atoms with E-state index in [9.17, 15) is 4.80 Å². The van der Waals surface area contributed by atoms with Gasteiger partial charge in [-0.1, -0.05) is 59.7 Å². The first kappa shape index (κ1) is 29.1. The van der Waals surface area contributed by atoms with Crippen LogP contribution < -0.4 is 10.1 Å². The summed E-state index contributed by atoms with van der Waals surface area (Å²) in [6.45, 7) is 16.8. The summed E-state index contributed by atoms with van der Waals surface area (Å²) in [5, 5.41) is 2.82. The second kappa shape index (κ2) is 10.3. The molecule has 0 spiro atoms. The molecule has 5 aromatic rings. The number of para-hydroxylation sites is 1. The molecule has 0 saturated carbocycles. The molecule has 0 saturated heterocycles. The molecule has 6 nitrogen and oxygen atoms in total. The Kier molecular flexibility index (Phi) is 7.67. The predicted molar refractivity (Wildman–Crippen MR) is 157 cm³/mol. The van der Waals surface area contributed by atoms with E-state index in [1.54, 1.807) is 0 Å². The van der Waals surface area contributed by atoms with E-state index in [1.807, 2.05) is 55.7 Å². The van der Waals surface area contributed by atoms with Crippen LogP contribution in [0.25, 0.3) is 27.8 Å². The molecule has 0 atom stereocenters. The van der Waals surface area contributed by atoms with Crippen LogP contribution in [0.5, 0.6) is 11.8 Å². The zero-order valence-corrected chi connectivity index (χ0v) is 27.1. The topological polar surface area (TPSA) is 73.1 Å². The summed E-state index contributed by atoms with van der Waals surface area (Å²) >= 11 is 0. The van der Waals surface area contributed by atoms with E-state index >= 15 is 0 Å². The second-order valence-electron chi connectivity index (χ2n) is 12.5. The van der Waals surface area contributed by atoms with Crippen LogP contribution in [0.2, 0.25) is 13.1 Å². The third-order valence-corrected chi connectivity index (χ3v) is 8.35. The number of rotatable bonds is 4. The molecule has 5 rings (SSSR count). The normalized spacial score (nSPS) is 12.5. The minimum absolute atomic E-state index is 0. The monoisotopic (exact) mass is 719 g/mol. The molecule has 0 amide bonds. The van der Waals surface area contributed by atoms with E-state index in [2.05, 4.69) is 75.4 Å². The predicted octanol–water partition coefficient (Wildman–Crippen LogP) is 6.76. The average Bonchev–Trinajstić information content (AvgIpc) is 3.16. The molecule has 0 unspecified atom stereocenters. The van der Waals surface area contributed by atoms with Gasteiger partial charge < -0.3 is 9.53 Å². The standard InChI is InChI=1S/C31H36N4O2Si.Pt/c1-30(2,3)20-15-16-32-25(17-20)35-24-12-10-9-11-22(24)23-13-14-26(34-29(23)35)37-27-18-21(31(4,5)6)19-28(33-27)38(7,8)36;/h9-19,36H,1-8H3;. The molecular weight excluding hydrogens is 684 g/mol. The Morgan fingerprint density at radius 3 is 2.13 bits per heavy atom. The van der Waals surface area contributed by atoms with Crippen LogP contribution in [-0.4, -0.2) is 32.6 Å². The summed E-state index contributed by atoms with van der Waals surface area (Å²) in [7, 11) is -2.66. The van der Waals surface area contributed by atoms with E-state index in [0.29, 0.717) is 17.1 Å². The Hall–Kier alpha value is -2.86. The van der Waals surface area contributed by atoms with E-state index in [0.717, 1.165) is 33.3 Å². The van der Waals surface area contributed by atoms with E-state index in [4.69, 9.17) is 14.7 Å². The molecule has 0 fully saturated rings. The first-order valence-electron chi connectivity index (χ1n) is 13.0. The Morgan fingerprint density at radius 1 is 0.769 bits per heavy atom. The van der Waals surface area contributed by atoms with Crippen molar-refractivity contribution in [1.82, 2.24) is 19.5 Å². The van der Waals surface area contributed by atoms with Gasteiger partial charge in [0.2, 0.25) is 20.1 Å². The zero-order chi connectivity index (χ0) is 27.5. The van der Waals surface area contributed by atoms with Crippen molar-refractivity contribution in [3.05, 3.63) is 78.0 Å². The third kappa shape index (κ3) is 5.86. The maximum Gasteiger partial charge on any atom is 0.233 e. The van der Waals surface area contributed by atoms with E-state index in [-0.39, 0.29) is 31.9 Å². The van der Waals surface area contributed by atoms with Crippen LogP contribution >= 0.6 is 0 Å². The van der Waals surface area contributed by atoms with Crippen molar-refractivity contribution < 1.29 is 30.6 Å². The summed E-state index contributed by atoms with van der Waals surface area (Å²) in [6, 6.07) is 20.4. The summed E-state index contributed by atoms with van der Waals surface area (Å²) in [5.74, 6) is 1.69. The SMILES string of the molecule is CC(C)(C)c1ccnc(-n2c3ccccc3c3ccc(Oc4cc(C(C)(C)C)cc([Si](C)(C)O)n4)nc32)c1.[Pt]. The van der Waals surface area contributed by atoms with Crippen molar-refractivity contribution in [2.45, 2.75) is 65.5 Å². The van der Waals surface area contributed by atoms with Gasteiger partial charge in [-0.05, 0) is 65.4 Å². The molecule has 0 bridgehead atoms. The molecule has 39 heavy (non-hydrogen) atoms. The van der Waals surface area contributed by atoms with Gasteiger partial charge in [-0.25, -0.2) is 9.97 Å². The van der Waals surface area contributed by atoms with Gasteiger partial charge in [-0.15, -0.1) is 0 Å². The third-order valence-electron chi connectivity index (χ3n) is 6.84. The van der Waals surface area contributed by atoms with Crippen molar-refractivity contribution >= 4 is 35.6 Å². The number of hydrogen-bond acceptors (Lipinski definition) is 5. The van der Waals surface area contributed by atoms with Gasteiger partial charge in [0.15, 0.2) is 5.65 Å². The van der Waals surface area contributed by atoms with Crippen LogP contribution in [0.3, 0.4) is 0 Å². The number of benzene rings is 1. The molecule has 4 heterocycles. The van der Waals surface area contributed by atoms with Crippen LogP contribution in [0.1, 0.15) is 52.7 Å². The Labute approximate surface area is 245 Å². The van der Waals surface area contributed by atoms with E-state index in [1.165, 1.54) is 5.56 Å². The van der Waals surface area contributed by atoms with Crippen molar-refractivity contribution in [1.29, 1.82) is 0 Å². The molecule has 1 N–H and O–H groups in total. The molecule has 0 aliphatic carbocycles. The fraction of sp³-hybridized carbons (Fsp3) is 0.323. The van der Waals surface area contributed by atoms with Gasteiger partial charge in [-0.2, -0.15) is 4.98 Å². The van der Waals surface area contributed by atoms with Crippen molar-refractivity contribution in [3.63, 3.8) is 0 Å². The molecule has 1 aromatic carbocycles. The maximum absolute atomic E-state index is 10.8. The first-order chi connectivity index (χ1) is 17.7. The smallest absolute Gasteiger partial charge is 0.233 e. The Morgan fingerprint density at radius 2 is 1.46 bits per heavy atom. The van der Waals surface area contributed by atoms with Crippen LogP contribution in [0.4, 0.5) is 0 Å². The summed E-state index contributed by atoms with van der Waals surface area (Å²) in [4.78, 5) is 25.2. The molecule has 8 heteroatoms. The molecule has 4 aromatic heterocycles. The number of fused-ring (bicyclic) bond motifs is 3. The Bertz CT molecular complexity index is 1630. The molecule has 206 valence electrons. The fourth-order valence-electron chi connectivity index (χ4n) is 4.53. The zero-order valence-electron chi connectivity index (χ0n) is 23.8. The molecule has 0 radical (unpaired) electrons. The average molecular weight is 720 g/mol. The summed E-state index contributed by atoms with van der Waals surface area (Å²) < 4.78 is 8.38. The largest absolute Gasteiger partial charge is 0.426 e.